The van der Waals surface area contributed by atoms with Crippen molar-refractivity contribution in [3.63, 3.8) is 0 Å². The van der Waals surface area contributed by atoms with Crippen LogP contribution in [0.5, 0.6) is 0 Å². The summed E-state index contributed by atoms with van der Waals surface area (Å²) in [5, 5.41) is 3.54. The third kappa shape index (κ3) is 3.01. The number of nitrogens with zero attached hydrogens (tertiary/aromatic N) is 1. The number of hydrogen-bond donors (Lipinski definition) is 1. The molecule has 17 heavy (non-hydrogen) atoms. The fourth-order valence-corrected chi connectivity index (χ4v) is 2.38. The molecule has 1 atom stereocenters. The van der Waals surface area contributed by atoms with Crippen molar-refractivity contribution in [3.05, 3.63) is 29.8 Å². The summed E-state index contributed by atoms with van der Waals surface area (Å²) < 4.78 is 0. The maximum atomic E-state index is 3.54. The van der Waals surface area contributed by atoms with Crippen LogP contribution in [0.3, 0.4) is 0 Å². The van der Waals surface area contributed by atoms with Crippen molar-refractivity contribution in [3.8, 4) is 0 Å². The van der Waals surface area contributed by atoms with Gasteiger partial charge in [0.2, 0.25) is 0 Å². The molecule has 1 unspecified atom stereocenters. The minimum atomic E-state index is 0.452. The minimum Gasteiger partial charge on any atom is -0.371 e. The third-order valence-corrected chi connectivity index (χ3v) is 3.50. The van der Waals surface area contributed by atoms with Crippen molar-refractivity contribution in [1.29, 1.82) is 0 Å². The van der Waals surface area contributed by atoms with E-state index in [0.29, 0.717) is 6.04 Å². The van der Waals surface area contributed by atoms with E-state index in [1.54, 1.807) is 0 Å². The number of hydrogen-bond acceptors (Lipinski definition) is 2. The Morgan fingerprint density at radius 3 is 2.82 bits per heavy atom. The van der Waals surface area contributed by atoms with E-state index < -0.39 is 0 Å². The molecule has 1 saturated heterocycles. The topological polar surface area (TPSA) is 15.3 Å². The van der Waals surface area contributed by atoms with Gasteiger partial charge in [-0.1, -0.05) is 26.0 Å². The van der Waals surface area contributed by atoms with Crippen LogP contribution in [0.25, 0.3) is 0 Å². The number of benzene rings is 1. The van der Waals surface area contributed by atoms with Crippen LogP contribution in [0.15, 0.2) is 24.3 Å². The van der Waals surface area contributed by atoms with Crippen LogP contribution in [0, 0.1) is 5.92 Å². The largest absolute Gasteiger partial charge is 0.371 e. The molecule has 1 aromatic carbocycles. The molecule has 1 aliphatic heterocycles. The van der Waals surface area contributed by atoms with Crippen LogP contribution in [0.4, 0.5) is 5.69 Å². The molecule has 2 rings (SSSR count). The third-order valence-electron chi connectivity index (χ3n) is 3.50. The minimum absolute atomic E-state index is 0.452. The zero-order valence-electron chi connectivity index (χ0n) is 11.2. The molecule has 0 bridgehead atoms. The van der Waals surface area contributed by atoms with Crippen LogP contribution >= 0.6 is 0 Å². The van der Waals surface area contributed by atoms with Gasteiger partial charge < -0.3 is 10.2 Å². The molecule has 2 nitrogen and oxygen atoms in total. The molecule has 94 valence electrons. The van der Waals surface area contributed by atoms with E-state index in [1.807, 2.05) is 0 Å². The zero-order valence-corrected chi connectivity index (χ0v) is 11.2. The monoisotopic (exact) mass is 232 g/mol. The van der Waals surface area contributed by atoms with Gasteiger partial charge in [-0.3, -0.25) is 0 Å². The fraction of sp³-hybridized carbons (Fsp3) is 0.600. The summed E-state index contributed by atoms with van der Waals surface area (Å²) in [6.45, 7) is 10.3. The SMILES string of the molecule is CCCNC(C)c1cccc(N2CC(C)C2)c1. The molecule has 0 amide bonds. The standard InChI is InChI=1S/C15H24N2/c1-4-8-16-13(3)14-6-5-7-15(9-14)17-10-12(2)11-17/h5-7,9,12-13,16H,4,8,10-11H2,1-3H3. The number of nitrogens with one attached hydrogen (secondary N) is 1. The molecule has 2 heteroatoms. The lowest BCUT2D eigenvalue weighted by Crippen LogP contribution is -2.45. The Kier molecular flexibility index (Phi) is 4.06. The Morgan fingerprint density at radius 1 is 1.41 bits per heavy atom. The molecule has 1 aliphatic rings. The second-order valence-corrected chi connectivity index (χ2v) is 5.28. The lowest BCUT2D eigenvalue weighted by molar-refractivity contribution is 0.447. The number of anilines is 1. The summed E-state index contributed by atoms with van der Waals surface area (Å²) in [5.41, 5.74) is 2.78. The zero-order chi connectivity index (χ0) is 12.3. The van der Waals surface area contributed by atoms with E-state index >= 15 is 0 Å². The van der Waals surface area contributed by atoms with Crippen molar-refractivity contribution in [2.75, 3.05) is 24.5 Å². The summed E-state index contributed by atoms with van der Waals surface area (Å²) in [6, 6.07) is 9.41. The molecule has 0 radical (unpaired) electrons. The molecular formula is C15H24N2. The van der Waals surface area contributed by atoms with E-state index in [1.165, 1.54) is 30.8 Å². The average Bonchev–Trinajstić information content (AvgIpc) is 2.32. The van der Waals surface area contributed by atoms with Gasteiger partial charge >= 0.3 is 0 Å². The van der Waals surface area contributed by atoms with Gasteiger partial charge in [0.05, 0.1) is 0 Å². The predicted molar refractivity (Wildman–Crippen MR) is 74.5 cm³/mol. The Bertz CT molecular complexity index is 356. The smallest absolute Gasteiger partial charge is 0.0369 e. The molecule has 0 spiro atoms. The van der Waals surface area contributed by atoms with Crippen molar-refractivity contribution in [1.82, 2.24) is 5.32 Å². The first-order valence-corrected chi connectivity index (χ1v) is 6.79. The van der Waals surface area contributed by atoms with Gasteiger partial charge in [0, 0.05) is 24.8 Å². The van der Waals surface area contributed by atoms with Gasteiger partial charge in [-0.05, 0) is 43.5 Å². The van der Waals surface area contributed by atoms with Crippen LogP contribution in [-0.4, -0.2) is 19.6 Å². The summed E-state index contributed by atoms with van der Waals surface area (Å²) in [6.07, 6.45) is 1.19. The Labute approximate surface area is 105 Å². The first kappa shape index (κ1) is 12.4. The highest BCUT2D eigenvalue weighted by molar-refractivity contribution is 5.51. The molecule has 0 aliphatic carbocycles. The van der Waals surface area contributed by atoms with Gasteiger partial charge in [-0.15, -0.1) is 0 Å². The van der Waals surface area contributed by atoms with E-state index in [-0.39, 0.29) is 0 Å². The van der Waals surface area contributed by atoms with Crippen molar-refractivity contribution >= 4 is 5.69 Å². The van der Waals surface area contributed by atoms with Gasteiger partial charge in [-0.2, -0.15) is 0 Å². The lowest BCUT2D eigenvalue weighted by atomic mass is 10.00. The molecule has 0 saturated carbocycles. The fourth-order valence-electron chi connectivity index (χ4n) is 2.38. The van der Waals surface area contributed by atoms with Gasteiger partial charge in [-0.25, -0.2) is 0 Å². The molecule has 0 aromatic heterocycles. The lowest BCUT2D eigenvalue weighted by Gasteiger charge is -2.39. The molecule has 1 fully saturated rings. The average molecular weight is 232 g/mol. The Balaban J connectivity index is 2.01. The van der Waals surface area contributed by atoms with Crippen molar-refractivity contribution < 1.29 is 0 Å². The van der Waals surface area contributed by atoms with Gasteiger partial charge in [0.1, 0.15) is 0 Å². The molecule has 1 heterocycles. The van der Waals surface area contributed by atoms with E-state index in [0.717, 1.165) is 12.5 Å². The van der Waals surface area contributed by atoms with Crippen LogP contribution in [0.1, 0.15) is 38.8 Å². The second kappa shape index (κ2) is 5.54. The van der Waals surface area contributed by atoms with Crippen molar-refractivity contribution in [2.24, 2.45) is 5.92 Å². The predicted octanol–water partition coefficient (Wildman–Crippen LogP) is 3.20. The molecule has 1 N–H and O–H groups in total. The number of rotatable bonds is 5. The maximum absolute atomic E-state index is 3.54. The van der Waals surface area contributed by atoms with Crippen LogP contribution in [0.2, 0.25) is 0 Å². The Hall–Kier alpha value is -1.02. The normalized spacial score (nSPS) is 17.9. The van der Waals surface area contributed by atoms with Gasteiger partial charge in [0.25, 0.3) is 0 Å². The molecule has 1 aromatic rings. The van der Waals surface area contributed by atoms with E-state index in [9.17, 15) is 0 Å². The first-order valence-electron chi connectivity index (χ1n) is 6.79. The second-order valence-electron chi connectivity index (χ2n) is 5.28. The van der Waals surface area contributed by atoms with E-state index in [2.05, 4.69) is 55.3 Å². The van der Waals surface area contributed by atoms with Gasteiger partial charge in [0.15, 0.2) is 0 Å². The highest BCUT2D eigenvalue weighted by atomic mass is 15.2. The summed E-state index contributed by atoms with van der Waals surface area (Å²) in [4.78, 5) is 2.46. The van der Waals surface area contributed by atoms with Crippen molar-refractivity contribution in [2.45, 2.75) is 33.2 Å². The maximum Gasteiger partial charge on any atom is 0.0369 e. The Morgan fingerprint density at radius 2 is 2.18 bits per heavy atom. The first-order chi connectivity index (χ1) is 8.20. The highest BCUT2D eigenvalue weighted by Gasteiger charge is 2.22. The molecular weight excluding hydrogens is 208 g/mol. The van der Waals surface area contributed by atoms with E-state index in [4.69, 9.17) is 0 Å². The quantitative estimate of drug-likeness (QED) is 0.838. The highest BCUT2D eigenvalue weighted by Crippen LogP contribution is 2.26. The summed E-state index contributed by atoms with van der Waals surface area (Å²) in [5.74, 6) is 0.856. The van der Waals surface area contributed by atoms with Crippen LogP contribution < -0.4 is 10.2 Å². The van der Waals surface area contributed by atoms with Crippen LogP contribution in [-0.2, 0) is 0 Å². The summed E-state index contributed by atoms with van der Waals surface area (Å²) in [7, 11) is 0. The summed E-state index contributed by atoms with van der Waals surface area (Å²) >= 11 is 0.